The Morgan fingerprint density at radius 2 is 2.00 bits per heavy atom. The quantitative estimate of drug-likeness (QED) is 0.840. The lowest BCUT2D eigenvalue weighted by atomic mass is 10.3. The van der Waals surface area contributed by atoms with Crippen molar-refractivity contribution in [3.05, 3.63) is 20.8 Å². The van der Waals surface area contributed by atoms with E-state index in [1.807, 2.05) is 0 Å². The van der Waals surface area contributed by atoms with E-state index < -0.39 is 34.8 Å². The first-order valence-corrected chi connectivity index (χ1v) is 8.22. The van der Waals surface area contributed by atoms with Crippen LogP contribution in [0.15, 0.2) is 15.9 Å². The fourth-order valence-electron chi connectivity index (χ4n) is 1.16. The Labute approximate surface area is 116 Å². The van der Waals surface area contributed by atoms with Gasteiger partial charge in [-0.3, -0.25) is 0 Å². The smallest absolute Gasteiger partial charge is 0.212 e. The van der Waals surface area contributed by atoms with Gasteiger partial charge in [0, 0.05) is 17.8 Å². The van der Waals surface area contributed by atoms with Crippen LogP contribution in [-0.4, -0.2) is 20.3 Å². The molecule has 0 radical (unpaired) electrons. The minimum Gasteiger partial charge on any atom is -0.212 e. The standard InChI is InChI=1S/C9H11BrF3NO2S2/c10-8-3-2-7(17-8)6-14-18(15,16)5-1-4-9(11,12)13/h2-3,14H,1,4-6H2. The molecule has 0 atom stereocenters. The van der Waals surface area contributed by atoms with Crippen LogP contribution in [-0.2, 0) is 16.6 Å². The summed E-state index contributed by atoms with van der Waals surface area (Å²) >= 11 is 4.60. The largest absolute Gasteiger partial charge is 0.389 e. The Balaban J connectivity index is 2.36. The van der Waals surface area contributed by atoms with Crippen molar-refractivity contribution >= 4 is 37.3 Å². The van der Waals surface area contributed by atoms with Crippen molar-refractivity contribution in [1.82, 2.24) is 4.72 Å². The Morgan fingerprint density at radius 1 is 1.33 bits per heavy atom. The van der Waals surface area contributed by atoms with Crippen LogP contribution >= 0.6 is 27.3 Å². The van der Waals surface area contributed by atoms with Gasteiger partial charge in [0.05, 0.1) is 9.54 Å². The van der Waals surface area contributed by atoms with Gasteiger partial charge in [-0.15, -0.1) is 11.3 Å². The average Bonchev–Trinajstić information content (AvgIpc) is 2.59. The van der Waals surface area contributed by atoms with E-state index in [4.69, 9.17) is 0 Å². The topological polar surface area (TPSA) is 46.2 Å². The van der Waals surface area contributed by atoms with Gasteiger partial charge in [-0.05, 0) is 34.5 Å². The summed E-state index contributed by atoms with van der Waals surface area (Å²) in [6.45, 7) is 0.102. The summed E-state index contributed by atoms with van der Waals surface area (Å²) in [5.74, 6) is -0.515. The van der Waals surface area contributed by atoms with Crippen LogP contribution in [0.2, 0.25) is 0 Å². The number of thiophene rings is 1. The first-order chi connectivity index (χ1) is 8.18. The fourth-order valence-corrected chi connectivity index (χ4v) is 3.72. The molecule has 9 heteroatoms. The summed E-state index contributed by atoms with van der Waals surface area (Å²) in [6.07, 6.45) is -5.82. The van der Waals surface area contributed by atoms with Crippen molar-refractivity contribution in [3.8, 4) is 0 Å². The van der Waals surface area contributed by atoms with Crippen molar-refractivity contribution in [2.45, 2.75) is 25.6 Å². The maximum atomic E-state index is 11.9. The third-order valence-electron chi connectivity index (χ3n) is 1.97. The van der Waals surface area contributed by atoms with Gasteiger partial charge in [0.2, 0.25) is 10.0 Å². The molecular weight excluding hydrogens is 355 g/mol. The summed E-state index contributed by atoms with van der Waals surface area (Å²) in [4.78, 5) is 0.793. The van der Waals surface area contributed by atoms with E-state index in [0.717, 1.165) is 8.66 Å². The SMILES string of the molecule is O=S(=O)(CCCC(F)(F)F)NCc1ccc(Br)s1. The van der Waals surface area contributed by atoms with Gasteiger partial charge in [-0.25, -0.2) is 13.1 Å². The molecule has 0 amide bonds. The Kier molecular flexibility index (Phi) is 5.63. The highest BCUT2D eigenvalue weighted by Gasteiger charge is 2.27. The molecule has 0 spiro atoms. The van der Waals surface area contributed by atoms with Crippen molar-refractivity contribution < 1.29 is 21.6 Å². The summed E-state index contributed by atoms with van der Waals surface area (Å²) < 4.78 is 61.6. The van der Waals surface area contributed by atoms with Crippen LogP contribution < -0.4 is 4.72 Å². The molecule has 0 aromatic carbocycles. The normalized spacial score (nSPS) is 12.9. The van der Waals surface area contributed by atoms with E-state index >= 15 is 0 Å². The second-order valence-corrected chi connectivity index (χ2v) is 8.04. The van der Waals surface area contributed by atoms with E-state index in [9.17, 15) is 21.6 Å². The van der Waals surface area contributed by atoms with E-state index in [1.54, 1.807) is 12.1 Å². The van der Waals surface area contributed by atoms with Gasteiger partial charge in [-0.1, -0.05) is 0 Å². The Bertz CT molecular complexity index is 484. The molecule has 0 fully saturated rings. The highest BCUT2D eigenvalue weighted by molar-refractivity contribution is 9.11. The Hall–Kier alpha value is -0.120. The number of halogens is 4. The number of nitrogens with one attached hydrogen (secondary N) is 1. The van der Waals surface area contributed by atoms with Crippen molar-refractivity contribution in [1.29, 1.82) is 0 Å². The highest BCUT2D eigenvalue weighted by Crippen LogP contribution is 2.23. The van der Waals surface area contributed by atoms with Crippen molar-refractivity contribution in [2.24, 2.45) is 0 Å². The number of hydrogen-bond acceptors (Lipinski definition) is 3. The molecule has 1 aromatic rings. The molecular formula is C9H11BrF3NO2S2. The zero-order chi connectivity index (χ0) is 13.8. The molecule has 3 nitrogen and oxygen atoms in total. The number of hydrogen-bond donors (Lipinski definition) is 1. The van der Waals surface area contributed by atoms with Crippen molar-refractivity contribution in [3.63, 3.8) is 0 Å². The van der Waals surface area contributed by atoms with E-state index in [-0.39, 0.29) is 6.54 Å². The first-order valence-electron chi connectivity index (χ1n) is 4.96. The van der Waals surface area contributed by atoms with E-state index in [0.29, 0.717) is 0 Å². The van der Waals surface area contributed by atoms with Gasteiger partial charge < -0.3 is 0 Å². The predicted octanol–water partition coefficient (Wildman–Crippen LogP) is 3.27. The summed E-state index contributed by atoms with van der Waals surface area (Å²) in [7, 11) is -3.65. The summed E-state index contributed by atoms with van der Waals surface area (Å²) in [5, 5.41) is 0. The molecule has 0 aliphatic carbocycles. The first kappa shape index (κ1) is 15.9. The molecule has 1 rings (SSSR count). The lowest BCUT2D eigenvalue weighted by Crippen LogP contribution is -2.26. The minimum atomic E-state index is -4.31. The molecule has 1 N–H and O–H groups in total. The van der Waals surface area contributed by atoms with Crippen LogP contribution in [0.1, 0.15) is 17.7 Å². The number of rotatable bonds is 6. The van der Waals surface area contributed by atoms with E-state index in [2.05, 4.69) is 20.7 Å². The van der Waals surface area contributed by atoms with E-state index in [1.165, 1.54) is 11.3 Å². The lowest BCUT2D eigenvalue weighted by Gasteiger charge is -2.07. The zero-order valence-corrected chi connectivity index (χ0v) is 12.3. The summed E-state index contributed by atoms with van der Waals surface area (Å²) in [5.41, 5.74) is 0. The van der Waals surface area contributed by atoms with Gasteiger partial charge in [0.1, 0.15) is 0 Å². The third-order valence-corrected chi connectivity index (χ3v) is 5.00. The molecule has 1 aromatic heterocycles. The fraction of sp³-hybridized carbons (Fsp3) is 0.556. The van der Waals surface area contributed by atoms with Crippen LogP contribution in [0.3, 0.4) is 0 Å². The molecule has 18 heavy (non-hydrogen) atoms. The second kappa shape index (κ2) is 6.36. The molecule has 0 aliphatic heterocycles. The van der Waals surface area contributed by atoms with Gasteiger partial charge in [-0.2, -0.15) is 13.2 Å². The van der Waals surface area contributed by atoms with Crippen LogP contribution in [0.5, 0.6) is 0 Å². The summed E-state index contributed by atoms with van der Waals surface area (Å²) in [6, 6.07) is 3.52. The van der Waals surface area contributed by atoms with Gasteiger partial charge >= 0.3 is 6.18 Å². The average molecular weight is 366 g/mol. The highest BCUT2D eigenvalue weighted by atomic mass is 79.9. The predicted molar refractivity (Wildman–Crippen MR) is 67.9 cm³/mol. The molecule has 1 heterocycles. The molecule has 0 saturated carbocycles. The number of alkyl halides is 3. The second-order valence-electron chi connectivity index (χ2n) is 3.56. The molecule has 0 unspecified atom stereocenters. The van der Waals surface area contributed by atoms with Crippen LogP contribution in [0, 0.1) is 0 Å². The number of sulfonamides is 1. The van der Waals surface area contributed by atoms with Gasteiger partial charge in [0.25, 0.3) is 0 Å². The van der Waals surface area contributed by atoms with Crippen LogP contribution in [0.25, 0.3) is 0 Å². The maximum absolute atomic E-state index is 11.9. The van der Waals surface area contributed by atoms with Crippen molar-refractivity contribution in [2.75, 3.05) is 5.75 Å². The van der Waals surface area contributed by atoms with Gasteiger partial charge in [0.15, 0.2) is 0 Å². The molecule has 104 valence electrons. The molecule has 0 saturated heterocycles. The molecule has 0 bridgehead atoms. The molecule has 0 aliphatic rings. The maximum Gasteiger partial charge on any atom is 0.389 e. The zero-order valence-electron chi connectivity index (χ0n) is 9.13. The Morgan fingerprint density at radius 3 is 2.50 bits per heavy atom. The van der Waals surface area contributed by atoms with Crippen LogP contribution in [0.4, 0.5) is 13.2 Å². The lowest BCUT2D eigenvalue weighted by molar-refractivity contribution is -0.134. The minimum absolute atomic E-state index is 0.102. The monoisotopic (exact) mass is 365 g/mol. The third kappa shape index (κ3) is 6.72.